The van der Waals surface area contributed by atoms with Crippen molar-refractivity contribution in [3.8, 4) is 0 Å². The first kappa shape index (κ1) is 12.6. The molecule has 19 heavy (non-hydrogen) atoms. The van der Waals surface area contributed by atoms with E-state index in [9.17, 15) is 9.18 Å². The van der Waals surface area contributed by atoms with Crippen molar-refractivity contribution in [1.82, 2.24) is 14.9 Å². The summed E-state index contributed by atoms with van der Waals surface area (Å²) in [5.41, 5.74) is 1.78. The van der Waals surface area contributed by atoms with Gasteiger partial charge in [-0.05, 0) is 31.0 Å². The number of nitrogens with one attached hydrogen (secondary N) is 1. The Labute approximate surface area is 118 Å². The summed E-state index contributed by atoms with van der Waals surface area (Å²) in [6, 6.07) is 5.65. The van der Waals surface area contributed by atoms with Gasteiger partial charge in [0.15, 0.2) is 6.67 Å². The van der Waals surface area contributed by atoms with E-state index in [2.05, 4.69) is 25.9 Å². The molecule has 1 aliphatic heterocycles. The zero-order chi connectivity index (χ0) is 13.4. The molecule has 0 bridgehead atoms. The fourth-order valence-corrected chi connectivity index (χ4v) is 2.95. The standard InChI is InChI=1S/C13H13BrFN3O/c14-8-3-4-9-10(6-8)17-13(16-9)11-2-1-5-18(11)12(19)7-15/h3-4,6,11H,1-2,5,7H2,(H,16,17)/t11-/m0/s1. The van der Waals surface area contributed by atoms with Gasteiger partial charge in [0.2, 0.25) is 0 Å². The minimum atomic E-state index is -0.942. The van der Waals surface area contributed by atoms with Crippen LogP contribution in [0.4, 0.5) is 4.39 Å². The van der Waals surface area contributed by atoms with Crippen molar-refractivity contribution in [2.45, 2.75) is 18.9 Å². The first-order chi connectivity index (χ1) is 9.19. The topological polar surface area (TPSA) is 49.0 Å². The van der Waals surface area contributed by atoms with Gasteiger partial charge in [-0.15, -0.1) is 0 Å². The Bertz CT molecular complexity index is 627. The molecule has 4 nitrogen and oxygen atoms in total. The fourth-order valence-electron chi connectivity index (χ4n) is 2.59. The van der Waals surface area contributed by atoms with Crippen molar-refractivity contribution >= 4 is 32.9 Å². The number of H-pyrrole nitrogens is 1. The molecule has 1 N–H and O–H groups in total. The van der Waals surface area contributed by atoms with Gasteiger partial charge in [-0.2, -0.15) is 0 Å². The highest BCUT2D eigenvalue weighted by Crippen LogP contribution is 2.31. The lowest BCUT2D eigenvalue weighted by molar-refractivity contribution is -0.133. The maximum absolute atomic E-state index is 12.6. The highest BCUT2D eigenvalue weighted by Gasteiger charge is 2.31. The van der Waals surface area contributed by atoms with Gasteiger partial charge < -0.3 is 9.88 Å². The molecular weight excluding hydrogens is 313 g/mol. The Kier molecular flexibility index (Phi) is 3.26. The fraction of sp³-hybridized carbons (Fsp3) is 0.385. The molecule has 1 aliphatic rings. The zero-order valence-corrected chi connectivity index (χ0v) is 11.8. The summed E-state index contributed by atoms with van der Waals surface area (Å²) in [5.74, 6) is 0.288. The smallest absolute Gasteiger partial charge is 0.254 e. The molecule has 2 aromatic rings. The number of hydrogen-bond acceptors (Lipinski definition) is 2. The Morgan fingerprint density at radius 2 is 2.42 bits per heavy atom. The number of amides is 1. The zero-order valence-electron chi connectivity index (χ0n) is 10.2. The van der Waals surface area contributed by atoms with Gasteiger partial charge in [0, 0.05) is 11.0 Å². The van der Waals surface area contributed by atoms with E-state index in [1.165, 1.54) is 0 Å². The van der Waals surface area contributed by atoms with Gasteiger partial charge >= 0.3 is 0 Å². The van der Waals surface area contributed by atoms with Gasteiger partial charge in [0.1, 0.15) is 5.82 Å². The quantitative estimate of drug-likeness (QED) is 0.922. The summed E-state index contributed by atoms with van der Waals surface area (Å²) in [7, 11) is 0. The molecule has 2 heterocycles. The van der Waals surface area contributed by atoms with Crippen LogP contribution in [0.3, 0.4) is 0 Å². The SMILES string of the molecule is O=C(CF)N1CCC[C@H]1c1nc2ccc(Br)cc2[nH]1. The predicted molar refractivity (Wildman–Crippen MR) is 73.5 cm³/mol. The Hall–Kier alpha value is -1.43. The molecule has 1 aromatic carbocycles. The van der Waals surface area contributed by atoms with Crippen LogP contribution < -0.4 is 0 Å². The van der Waals surface area contributed by atoms with E-state index in [0.29, 0.717) is 6.54 Å². The summed E-state index contributed by atoms with van der Waals surface area (Å²) < 4.78 is 13.5. The maximum atomic E-state index is 12.6. The first-order valence-electron chi connectivity index (χ1n) is 6.19. The number of benzene rings is 1. The van der Waals surface area contributed by atoms with Crippen LogP contribution in [0, 0.1) is 0 Å². The number of aromatic amines is 1. The number of aromatic nitrogens is 2. The molecule has 0 unspecified atom stereocenters. The highest BCUT2D eigenvalue weighted by molar-refractivity contribution is 9.10. The van der Waals surface area contributed by atoms with Crippen LogP contribution in [-0.2, 0) is 4.79 Å². The van der Waals surface area contributed by atoms with Crippen LogP contribution in [0.25, 0.3) is 11.0 Å². The van der Waals surface area contributed by atoms with Gasteiger partial charge in [-0.1, -0.05) is 15.9 Å². The van der Waals surface area contributed by atoms with Crippen LogP contribution >= 0.6 is 15.9 Å². The maximum Gasteiger partial charge on any atom is 0.254 e. The number of likely N-dealkylation sites (tertiary alicyclic amines) is 1. The van der Waals surface area contributed by atoms with Gasteiger partial charge in [-0.25, -0.2) is 9.37 Å². The minimum absolute atomic E-state index is 0.130. The minimum Gasteiger partial charge on any atom is -0.340 e. The molecule has 1 atom stereocenters. The number of imidazole rings is 1. The normalized spacial score (nSPS) is 19.3. The van der Waals surface area contributed by atoms with Crippen molar-refractivity contribution in [2.24, 2.45) is 0 Å². The van der Waals surface area contributed by atoms with Gasteiger partial charge in [0.05, 0.1) is 17.1 Å². The average Bonchev–Trinajstić information content (AvgIpc) is 3.02. The molecule has 0 saturated carbocycles. The molecule has 1 amide bonds. The Balaban J connectivity index is 1.97. The summed E-state index contributed by atoms with van der Waals surface area (Å²) in [6.07, 6.45) is 1.71. The van der Waals surface area contributed by atoms with Crippen LogP contribution in [-0.4, -0.2) is 34.0 Å². The van der Waals surface area contributed by atoms with E-state index in [4.69, 9.17) is 0 Å². The molecule has 0 spiro atoms. The lowest BCUT2D eigenvalue weighted by atomic mass is 10.2. The number of carbonyl (C=O) groups is 1. The van der Waals surface area contributed by atoms with Crippen molar-refractivity contribution in [3.05, 3.63) is 28.5 Å². The average molecular weight is 326 g/mol. The number of fused-ring (bicyclic) bond motifs is 1. The molecule has 6 heteroatoms. The molecule has 3 rings (SSSR count). The molecule has 1 fully saturated rings. The summed E-state index contributed by atoms with van der Waals surface area (Å²) in [5, 5.41) is 0. The van der Waals surface area contributed by atoms with E-state index in [0.717, 1.165) is 34.2 Å². The van der Waals surface area contributed by atoms with Crippen molar-refractivity contribution in [3.63, 3.8) is 0 Å². The monoisotopic (exact) mass is 325 g/mol. The van der Waals surface area contributed by atoms with Crippen molar-refractivity contribution in [1.29, 1.82) is 0 Å². The van der Waals surface area contributed by atoms with Crippen molar-refractivity contribution < 1.29 is 9.18 Å². The van der Waals surface area contributed by atoms with Gasteiger partial charge in [0.25, 0.3) is 5.91 Å². The van der Waals surface area contributed by atoms with Crippen LogP contribution in [0.15, 0.2) is 22.7 Å². The molecule has 1 saturated heterocycles. The van der Waals surface area contributed by atoms with E-state index >= 15 is 0 Å². The summed E-state index contributed by atoms with van der Waals surface area (Å²) in [4.78, 5) is 20.9. The largest absolute Gasteiger partial charge is 0.340 e. The predicted octanol–water partition coefficient (Wildman–Crippen LogP) is 2.96. The summed E-state index contributed by atoms with van der Waals surface area (Å²) >= 11 is 3.41. The molecule has 0 aliphatic carbocycles. The lowest BCUT2D eigenvalue weighted by Gasteiger charge is -2.21. The van der Waals surface area contributed by atoms with Crippen LogP contribution in [0.5, 0.6) is 0 Å². The van der Waals surface area contributed by atoms with E-state index < -0.39 is 12.6 Å². The van der Waals surface area contributed by atoms with Crippen LogP contribution in [0.2, 0.25) is 0 Å². The highest BCUT2D eigenvalue weighted by atomic mass is 79.9. The third-order valence-electron chi connectivity index (χ3n) is 3.47. The second-order valence-corrected chi connectivity index (χ2v) is 5.58. The van der Waals surface area contributed by atoms with E-state index in [1.807, 2.05) is 18.2 Å². The Morgan fingerprint density at radius 1 is 1.58 bits per heavy atom. The number of rotatable bonds is 2. The van der Waals surface area contributed by atoms with Crippen LogP contribution in [0.1, 0.15) is 24.7 Å². The third kappa shape index (κ3) is 2.25. The number of carbonyl (C=O) groups excluding carboxylic acids is 1. The molecule has 1 aromatic heterocycles. The third-order valence-corrected chi connectivity index (χ3v) is 3.96. The lowest BCUT2D eigenvalue weighted by Crippen LogP contribution is -2.32. The molecular formula is C13H13BrFN3O. The second-order valence-electron chi connectivity index (χ2n) is 4.66. The second kappa shape index (κ2) is 4.92. The number of halogens is 2. The number of nitrogens with zero attached hydrogens (tertiary/aromatic N) is 2. The van der Waals surface area contributed by atoms with Crippen molar-refractivity contribution in [2.75, 3.05) is 13.2 Å². The molecule has 100 valence electrons. The van der Waals surface area contributed by atoms with E-state index in [-0.39, 0.29) is 6.04 Å². The molecule has 0 radical (unpaired) electrons. The first-order valence-corrected chi connectivity index (χ1v) is 6.99. The number of hydrogen-bond donors (Lipinski definition) is 1. The summed E-state index contributed by atoms with van der Waals surface area (Å²) in [6.45, 7) is -0.337. The van der Waals surface area contributed by atoms with Gasteiger partial charge in [-0.3, -0.25) is 4.79 Å². The Morgan fingerprint density at radius 3 is 3.21 bits per heavy atom. The number of alkyl halides is 1. The van der Waals surface area contributed by atoms with E-state index in [1.54, 1.807) is 4.90 Å².